The van der Waals surface area contributed by atoms with E-state index < -0.39 is 9.84 Å². The summed E-state index contributed by atoms with van der Waals surface area (Å²) in [5, 5.41) is 2.94. The van der Waals surface area contributed by atoms with Gasteiger partial charge in [0.15, 0.2) is 9.84 Å². The lowest BCUT2D eigenvalue weighted by molar-refractivity contribution is 0.309. The van der Waals surface area contributed by atoms with E-state index in [1.165, 1.54) is 0 Å². The Balaban J connectivity index is 2.93. The van der Waals surface area contributed by atoms with Gasteiger partial charge in [0, 0.05) is 6.04 Å². The van der Waals surface area contributed by atoms with Crippen LogP contribution >= 0.6 is 0 Å². The molecule has 1 saturated carbocycles. The first-order chi connectivity index (χ1) is 8.30. The Morgan fingerprint density at radius 1 is 1.22 bits per heavy atom. The van der Waals surface area contributed by atoms with Gasteiger partial charge in [-0.05, 0) is 44.6 Å². The molecule has 0 aromatic heterocycles. The van der Waals surface area contributed by atoms with E-state index in [9.17, 15) is 8.42 Å². The van der Waals surface area contributed by atoms with Crippen molar-refractivity contribution in [3.8, 4) is 0 Å². The van der Waals surface area contributed by atoms with Gasteiger partial charge in [-0.25, -0.2) is 8.42 Å². The van der Waals surface area contributed by atoms with Crippen molar-refractivity contribution in [1.82, 2.24) is 5.32 Å². The number of nitrogens with one attached hydrogen (secondary N) is 1. The molecule has 0 aliphatic heterocycles. The smallest absolute Gasteiger partial charge is 0.157 e. The van der Waals surface area contributed by atoms with Crippen LogP contribution in [0.25, 0.3) is 0 Å². The molecule has 0 amide bonds. The monoisotopic (exact) mass is 275 g/mol. The normalized spacial score (nSPS) is 31.6. The van der Waals surface area contributed by atoms with E-state index in [0.717, 1.165) is 25.8 Å². The first-order valence-corrected chi connectivity index (χ1v) is 8.87. The molecule has 3 nitrogen and oxygen atoms in total. The van der Waals surface area contributed by atoms with Crippen LogP contribution in [0.4, 0.5) is 0 Å². The van der Waals surface area contributed by atoms with E-state index in [1.807, 2.05) is 27.7 Å². The molecule has 108 valence electrons. The Hall–Kier alpha value is -0.0900. The van der Waals surface area contributed by atoms with Crippen molar-refractivity contribution in [3.05, 3.63) is 0 Å². The van der Waals surface area contributed by atoms with E-state index in [0.29, 0.717) is 5.92 Å². The van der Waals surface area contributed by atoms with E-state index in [2.05, 4.69) is 12.2 Å². The summed E-state index contributed by atoms with van der Waals surface area (Å²) >= 11 is 0. The number of hydrogen-bond acceptors (Lipinski definition) is 3. The summed E-state index contributed by atoms with van der Waals surface area (Å²) in [5.74, 6) is 0.716. The predicted octanol–water partition coefficient (Wildman–Crippen LogP) is 2.61. The molecule has 0 heterocycles. The van der Waals surface area contributed by atoms with Crippen molar-refractivity contribution in [2.75, 3.05) is 6.54 Å². The van der Waals surface area contributed by atoms with E-state index in [-0.39, 0.29) is 22.5 Å². The lowest BCUT2D eigenvalue weighted by Gasteiger charge is -2.37. The second-order valence-corrected chi connectivity index (χ2v) is 8.69. The average Bonchev–Trinajstić information content (AvgIpc) is 2.30. The summed E-state index contributed by atoms with van der Waals surface area (Å²) in [6.45, 7) is 10.9. The number of sulfone groups is 1. The van der Waals surface area contributed by atoms with Gasteiger partial charge in [0.1, 0.15) is 0 Å². The highest BCUT2D eigenvalue weighted by atomic mass is 32.2. The molecule has 4 heteroatoms. The van der Waals surface area contributed by atoms with Gasteiger partial charge >= 0.3 is 0 Å². The van der Waals surface area contributed by atoms with Crippen molar-refractivity contribution in [3.63, 3.8) is 0 Å². The third-order valence-electron chi connectivity index (χ3n) is 4.40. The lowest BCUT2D eigenvalue weighted by Crippen LogP contribution is -2.50. The zero-order valence-corrected chi connectivity index (χ0v) is 13.3. The van der Waals surface area contributed by atoms with Gasteiger partial charge in [0.25, 0.3) is 0 Å². The van der Waals surface area contributed by atoms with Crippen molar-refractivity contribution >= 4 is 9.84 Å². The third kappa shape index (κ3) is 3.47. The molecule has 4 atom stereocenters. The Morgan fingerprint density at radius 3 is 2.33 bits per heavy atom. The van der Waals surface area contributed by atoms with Gasteiger partial charge in [-0.3, -0.25) is 0 Å². The van der Waals surface area contributed by atoms with Gasteiger partial charge in [-0.1, -0.05) is 27.7 Å². The van der Waals surface area contributed by atoms with Crippen molar-refractivity contribution < 1.29 is 8.42 Å². The van der Waals surface area contributed by atoms with Crippen LogP contribution in [0.2, 0.25) is 0 Å². The zero-order chi connectivity index (χ0) is 13.9. The third-order valence-corrected chi connectivity index (χ3v) is 7.34. The van der Waals surface area contributed by atoms with Gasteiger partial charge in [0.05, 0.1) is 10.5 Å². The summed E-state index contributed by atoms with van der Waals surface area (Å²) in [5.41, 5.74) is 0. The van der Waals surface area contributed by atoms with Crippen molar-refractivity contribution in [1.29, 1.82) is 0 Å². The average molecular weight is 275 g/mol. The molecule has 4 unspecified atom stereocenters. The van der Waals surface area contributed by atoms with Gasteiger partial charge in [-0.15, -0.1) is 0 Å². The minimum Gasteiger partial charge on any atom is -0.313 e. The Morgan fingerprint density at radius 2 is 1.83 bits per heavy atom. The maximum Gasteiger partial charge on any atom is 0.157 e. The van der Waals surface area contributed by atoms with Crippen molar-refractivity contribution in [2.24, 2.45) is 11.8 Å². The van der Waals surface area contributed by atoms with Crippen LogP contribution in [0.15, 0.2) is 0 Å². The van der Waals surface area contributed by atoms with E-state index in [4.69, 9.17) is 0 Å². The van der Waals surface area contributed by atoms with Crippen LogP contribution in [0, 0.1) is 11.8 Å². The van der Waals surface area contributed by atoms with Crippen LogP contribution < -0.4 is 5.32 Å². The summed E-state index contributed by atoms with van der Waals surface area (Å²) in [6.07, 6.45) is 2.94. The molecule has 1 N–H and O–H groups in total. The van der Waals surface area contributed by atoms with Gasteiger partial charge in [-0.2, -0.15) is 0 Å². The molecule has 0 spiro atoms. The summed E-state index contributed by atoms with van der Waals surface area (Å²) in [7, 11) is -3.03. The first-order valence-electron chi connectivity index (χ1n) is 7.26. The molecule has 1 aliphatic carbocycles. The Kier molecular flexibility index (Phi) is 5.66. The fraction of sp³-hybridized carbons (Fsp3) is 1.00. The molecule has 0 bridgehead atoms. The maximum atomic E-state index is 12.7. The topological polar surface area (TPSA) is 46.2 Å². The maximum absolute atomic E-state index is 12.7. The summed E-state index contributed by atoms with van der Waals surface area (Å²) < 4.78 is 25.4. The van der Waals surface area contributed by atoms with Gasteiger partial charge in [0.2, 0.25) is 0 Å². The Labute approximate surface area is 113 Å². The summed E-state index contributed by atoms with van der Waals surface area (Å²) in [4.78, 5) is 0. The molecule has 0 aromatic rings. The standard InChI is InChI=1S/C14H29NO2S/c1-6-15-13-8-7-11(4)9-14(13)18(16,17)12(5)10(2)3/h10-15H,6-9H2,1-5H3. The molecule has 1 aliphatic rings. The SMILES string of the molecule is CCNC1CCC(C)CC1S(=O)(=O)C(C)C(C)C. The highest BCUT2D eigenvalue weighted by Crippen LogP contribution is 2.32. The molecule has 1 fully saturated rings. The fourth-order valence-electron chi connectivity index (χ4n) is 2.84. The summed E-state index contributed by atoms with van der Waals surface area (Å²) in [6, 6.07) is 0.150. The molecule has 0 aromatic carbocycles. The van der Waals surface area contributed by atoms with Gasteiger partial charge < -0.3 is 5.32 Å². The highest BCUT2D eigenvalue weighted by molar-refractivity contribution is 7.92. The van der Waals surface area contributed by atoms with Crippen LogP contribution in [0.1, 0.15) is 53.9 Å². The zero-order valence-electron chi connectivity index (χ0n) is 12.4. The molecule has 0 radical (unpaired) electrons. The Bertz CT molecular complexity index is 351. The molecular weight excluding hydrogens is 246 g/mol. The molecular formula is C14H29NO2S. The predicted molar refractivity (Wildman–Crippen MR) is 77.5 cm³/mol. The second-order valence-electron chi connectivity index (χ2n) is 6.16. The fourth-order valence-corrected chi connectivity index (χ4v) is 5.44. The number of hydrogen-bond donors (Lipinski definition) is 1. The van der Waals surface area contributed by atoms with E-state index in [1.54, 1.807) is 0 Å². The lowest BCUT2D eigenvalue weighted by atomic mass is 9.87. The number of rotatable bonds is 5. The molecule has 0 saturated heterocycles. The molecule has 1 rings (SSSR count). The molecule has 18 heavy (non-hydrogen) atoms. The second kappa shape index (κ2) is 6.38. The largest absolute Gasteiger partial charge is 0.313 e. The first kappa shape index (κ1) is 16.0. The minimum atomic E-state index is -3.03. The van der Waals surface area contributed by atoms with E-state index >= 15 is 0 Å². The van der Waals surface area contributed by atoms with Crippen LogP contribution in [-0.4, -0.2) is 31.5 Å². The highest BCUT2D eigenvalue weighted by Gasteiger charge is 2.40. The van der Waals surface area contributed by atoms with Crippen LogP contribution in [0.3, 0.4) is 0 Å². The minimum absolute atomic E-state index is 0.150. The van der Waals surface area contributed by atoms with Crippen LogP contribution in [0.5, 0.6) is 0 Å². The quantitative estimate of drug-likeness (QED) is 0.839. The van der Waals surface area contributed by atoms with Crippen molar-refractivity contribution in [2.45, 2.75) is 70.4 Å². The van der Waals surface area contributed by atoms with Crippen LogP contribution in [-0.2, 0) is 9.84 Å².